The summed E-state index contributed by atoms with van der Waals surface area (Å²) in [5.74, 6) is -2.79. The number of rotatable bonds is 8. The zero-order chi connectivity index (χ0) is 69.7. The molecule has 328 valence electrons. The van der Waals surface area contributed by atoms with Gasteiger partial charge >= 0.3 is 0 Å². The van der Waals surface area contributed by atoms with Crippen LogP contribution in [0.3, 0.4) is 0 Å². The summed E-state index contributed by atoms with van der Waals surface area (Å²) in [4.78, 5) is 14.6. The third kappa shape index (κ3) is 5.95. The van der Waals surface area contributed by atoms with Crippen molar-refractivity contribution in [2.75, 3.05) is 0 Å². The predicted octanol–water partition coefficient (Wildman–Crippen LogP) is 12.2. The molecule has 6 nitrogen and oxygen atoms in total. The second kappa shape index (κ2) is 16.0. The lowest BCUT2D eigenvalue weighted by molar-refractivity contribution is 0.892. The van der Waals surface area contributed by atoms with E-state index in [1.807, 2.05) is 0 Å². The minimum atomic E-state index is -4.39. The standard InChI is InChI=1S/C63H42N6Si/c1-4-22-43(23-5-1)70(44-24-6-2-7-25-44,45-26-8-3-9-27-45)46-40-41-53(60(42-46)67-54-34-16-10-28-47(54)48-29-11-17-35-55(48)67)61-64-62(68-56-36-18-12-30-49(56)50-31-13-19-37-57(50)68)66-63(65-61)69-58-38-20-14-32-51(58)52-33-15-21-39-59(52)69/h1-42H/i10D,11D,12D,13D,14D,15D,16D,17D,18D,19D,20D,21D,28D,29D,30D,31D,32D,33D,34D,35D,36D,37D,38D,39D,40D,41D,42D. The normalized spacial score (nSPS) is 17.4. The summed E-state index contributed by atoms with van der Waals surface area (Å²) in [6, 6.07) is 3.00. The van der Waals surface area contributed by atoms with Crippen molar-refractivity contribution in [1.82, 2.24) is 28.7 Å². The molecule has 14 rings (SSSR count). The van der Waals surface area contributed by atoms with Crippen molar-refractivity contribution in [3.63, 3.8) is 0 Å². The number of para-hydroxylation sites is 6. The topological polar surface area (TPSA) is 53.5 Å². The number of benzene rings is 10. The maximum atomic E-state index is 11.3. The number of fused-ring (bicyclic) bond motifs is 9. The summed E-state index contributed by atoms with van der Waals surface area (Å²) in [5.41, 5.74) is -5.21. The van der Waals surface area contributed by atoms with Gasteiger partial charge in [0.25, 0.3) is 0 Å². The van der Waals surface area contributed by atoms with Crippen molar-refractivity contribution < 1.29 is 37.0 Å². The summed E-state index contributed by atoms with van der Waals surface area (Å²) in [5, 5.41) is -1.70. The summed E-state index contributed by atoms with van der Waals surface area (Å²) in [6.07, 6.45) is 0. The van der Waals surface area contributed by atoms with Gasteiger partial charge in [-0.3, -0.25) is 9.13 Å². The fourth-order valence-corrected chi connectivity index (χ4v) is 14.0. The van der Waals surface area contributed by atoms with Gasteiger partial charge in [0.05, 0.1) is 75.8 Å². The van der Waals surface area contributed by atoms with Crippen LogP contribution in [0.5, 0.6) is 0 Å². The van der Waals surface area contributed by atoms with Crippen LogP contribution in [-0.4, -0.2) is 36.7 Å². The first-order chi connectivity index (χ1) is 46.0. The Bertz CT molecular complexity index is 5410. The van der Waals surface area contributed by atoms with Crippen LogP contribution in [-0.2, 0) is 0 Å². The van der Waals surface area contributed by atoms with E-state index in [4.69, 9.17) is 28.7 Å². The Morgan fingerprint density at radius 2 is 0.629 bits per heavy atom. The van der Waals surface area contributed by atoms with Crippen molar-refractivity contribution in [2.45, 2.75) is 0 Å². The molecule has 0 saturated carbocycles. The number of aromatic nitrogens is 6. The van der Waals surface area contributed by atoms with Crippen LogP contribution >= 0.6 is 0 Å². The third-order valence-electron chi connectivity index (χ3n) is 12.3. The van der Waals surface area contributed by atoms with Crippen LogP contribution in [0.1, 0.15) is 37.0 Å². The molecule has 0 spiro atoms. The van der Waals surface area contributed by atoms with Gasteiger partial charge in [-0.15, -0.1) is 0 Å². The van der Waals surface area contributed by atoms with E-state index < -0.39 is 266 Å². The van der Waals surface area contributed by atoms with E-state index in [0.717, 1.165) is 13.7 Å². The number of hydrogen-bond donors (Lipinski definition) is 0. The lowest BCUT2D eigenvalue weighted by atomic mass is 10.1. The van der Waals surface area contributed by atoms with Gasteiger partial charge < -0.3 is 4.57 Å². The van der Waals surface area contributed by atoms with Crippen LogP contribution in [0, 0.1) is 0 Å². The van der Waals surface area contributed by atoms with Gasteiger partial charge in [-0.1, -0.05) is 206 Å². The van der Waals surface area contributed by atoms with Gasteiger partial charge in [0.15, 0.2) is 13.9 Å². The predicted molar refractivity (Wildman–Crippen MR) is 292 cm³/mol. The second-order valence-electron chi connectivity index (χ2n) is 15.9. The molecule has 0 amide bonds. The SMILES string of the molecule is [2H]c1c([2H])c([Si](c2ccccc2)(c2ccccc2)c2ccccc2)c([2H])c(-n2c3c([2H])c([2H])c([2H])c([2H])c3c3c([2H])c([2H])c([2H])c([2H])c32)c1-c1nc(-n2c3c([2H])c([2H])c([2H])c([2H])c3c3c([2H])c([2H])c([2H])c([2H])c32)nc(-n2c3c([2H])c([2H])c([2H])c([2H])c3c3c([2H])c([2H])c([2H])c([2H])c32)n1. The first kappa shape index (κ1) is 21.4. The minimum absolute atomic E-state index is 0.199. The molecule has 0 aliphatic carbocycles. The highest BCUT2D eigenvalue weighted by atomic mass is 28.3. The summed E-state index contributed by atoms with van der Waals surface area (Å²) >= 11 is 0. The van der Waals surface area contributed by atoms with Crippen molar-refractivity contribution in [3.8, 4) is 29.0 Å². The van der Waals surface area contributed by atoms with Crippen LogP contribution in [0.25, 0.3) is 94.4 Å². The third-order valence-corrected chi connectivity index (χ3v) is 16.9. The quantitative estimate of drug-likeness (QED) is 0.113. The highest BCUT2D eigenvalue weighted by molar-refractivity contribution is 7.19. The van der Waals surface area contributed by atoms with Gasteiger partial charge in [0.1, 0.15) is 0 Å². The Hall–Kier alpha value is -9.17. The molecular formula is C63H42N6Si. The van der Waals surface area contributed by atoms with Crippen LogP contribution < -0.4 is 20.7 Å². The first-order valence-corrected chi connectivity index (χ1v) is 23.6. The van der Waals surface area contributed by atoms with Gasteiger partial charge in [0.2, 0.25) is 11.9 Å². The van der Waals surface area contributed by atoms with E-state index in [9.17, 15) is 23.3 Å². The fraction of sp³-hybridized carbons (Fsp3) is 0. The van der Waals surface area contributed by atoms with Gasteiger partial charge in [0, 0.05) is 37.9 Å². The van der Waals surface area contributed by atoms with Gasteiger partial charge in [-0.2, -0.15) is 15.0 Å². The second-order valence-corrected chi connectivity index (χ2v) is 19.7. The molecule has 7 heteroatoms. The molecule has 10 aromatic carbocycles. The van der Waals surface area contributed by atoms with E-state index in [2.05, 4.69) is 0 Å². The van der Waals surface area contributed by atoms with Crippen LogP contribution in [0.4, 0.5) is 0 Å². The van der Waals surface area contributed by atoms with E-state index in [1.165, 1.54) is 0 Å². The minimum Gasteiger partial charge on any atom is -0.309 e. The largest absolute Gasteiger partial charge is 0.309 e. The summed E-state index contributed by atoms with van der Waals surface area (Å²) in [6.45, 7) is 0. The van der Waals surface area contributed by atoms with Crippen molar-refractivity contribution in [1.29, 1.82) is 0 Å². The molecule has 0 radical (unpaired) electrons. The monoisotopic (exact) mass is 937 g/mol. The van der Waals surface area contributed by atoms with Crippen LogP contribution in [0.2, 0.25) is 0 Å². The number of hydrogen-bond acceptors (Lipinski definition) is 3. The van der Waals surface area contributed by atoms with Crippen molar-refractivity contribution >= 4 is 94.2 Å². The molecule has 0 atom stereocenters. The Labute approximate surface area is 442 Å². The molecule has 0 bridgehead atoms. The van der Waals surface area contributed by atoms with E-state index in [1.54, 1.807) is 91.0 Å². The molecule has 0 aliphatic rings. The lowest BCUT2D eigenvalue weighted by Gasteiger charge is -2.35. The zero-order valence-corrected chi connectivity index (χ0v) is 36.8. The average Bonchev–Trinajstić information content (AvgIpc) is 1.65. The molecule has 0 saturated heterocycles. The van der Waals surface area contributed by atoms with E-state index in [0.29, 0.717) is 15.6 Å². The molecular weight excluding hydrogens is 869 g/mol. The maximum absolute atomic E-state index is 11.3. The molecule has 0 unspecified atom stereocenters. The van der Waals surface area contributed by atoms with Crippen molar-refractivity contribution in [3.05, 3.63) is 254 Å². The van der Waals surface area contributed by atoms with Crippen LogP contribution in [0.15, 0.2) is 254 Å². The Balaban J connectivity index is 1.32. The average molecular weight is 938 g/mol. The molecule has 14 aromatic rings. The highest BCUT2D eigenvalue weighted by Gasteiger charge is 2.42. The van der Waals surface area contributed by atoms with E-state index >= 15 is 0 Å². The molecule has 70 heavy (non-hydrogen) atoms. The molecule has 0 aliphatic heterocycles. The Kier molecular flexibility index (Phi) is 4.89. The molecule has 4 heterocycles. The van der Waals surface area contributed by atoms with Gasteiger partial charge in [-0.05, 0) is 69.1 Å². The maximum Gasteiger partial charge on any atom is 0.240 e. The summed E-state index contributed by atoms with van der Waals surface area (Å²) in [7, 11) is -4.39. The van der Waals surface area contributed by atoms with Gasteiger partial charge in [-0.25, -0.2) is 0 Å². The molecule has 4 aromatic heterocycles. The van der Waals surface area contributed by atoms with Crippen molar-refractivity contribution in [2.24, 2.45) is 0 Å². The first-order valence-electron chi connectivity index (χ1n) is 35.1. The molecule has 0 fully saturated rings. The fourth-order valence-electron chi connectivity index (χ4n) is 9.46. The molecule has 0 N–H and O–H groups in total. The highest BCUT2D eigenvalue weighted by Crippen LogP contribution is 2.38. The number of nitrogens with zero attached hydrogens (tertiary/aromatic N) is 6. The summed E-state index contributed by atoms with van der Waals surface area (Å²) < 4.78 is 257. The Morgan fingerprint density at radius 3 is 0.971 bits per heavy atom. The van der Waals surface area contributed by atoms with E-state index in [-0.39, 0.29) is 5.19 Å². The zero-order valence-electron chi connectivity index (χ0n) is 62.8. The lowest BCUT2D eigenvalue weighted by Crippen LogP contribution is -2.74. The Morgan fingerprint density at radius 1 is 0.314 bits per heavy atom. The smallest absolute Gasteiger partial charge is 0.240 e.